The normalized spacial score (nSPS) is 16.7. The highest BCUT2D eigenvalue weighted by molar-refractivity contribution is 5.43. The van der Waals surface area contributed by atoms with E-state index in [0.717, 1.165) is 12.8 Å². The number of hydrogen-bond acceptors (Lipinski definition) is 3. The van der Waals surface area contributed by atoms with Crippen molar-refractivity contribution in [1.29, 1.82) is 0 Å². The molecule has 0 unspecified atom stereocenters. The Balaban J connectivity index is 2.25. The minimum atomic E-state index is -0.264. The zero-order valence-corrected chi connectivity index (χ0v) is 9.62. The molecule has 2 N–H and O–H groups in total. The number of nitrogens with two attached hydrogens (primary N) is 1. The fourth-order valence-corrected chi connectivity index (χ4v) is 2.34. The first-order chi connectivity index (χ1) is 7.74. The van der Waals surface area contributed by atoms with Gasteiger partial charge in [0.05, 0.1) is 0 Å². The first kappa shape index (κ1) is 11.3. The van der Waals surface area contributed by atoms with Crippen molar-refractivity contribution >= 4 is 5.82 Å². The Morgan fingerprint density at radius 3 is 2.81 bits per heavy atom. The highest BCUT2D eigenvalue weighted by atomic mass is 19.1. The zero-order chi connectivity index (χ0) is 11.5. The van der Waals surface area contributed by atoms with E-state index >= 15 is 0 Å². The maximum atomic E-state index is 14.0. The Morgan fingerprint density at radius 2 is 2.19 bits per heavy atom. The van der Waals surface area contributed by atoms with Crippen molar-refractivity contribution in [2.24, 2.45) is 5.73 Å². The standard InChI is InChI=1S/C12H18FN3/c1-16(10-4-2-3-5-10)12-11(13)9(8-14)6-7-15-12/h6-7,10H,2-5,8,14H2,1H3. The maximum Gasteiger partial charge on any atom is 0.170 e. The minimum absolute atomic E-state index is 0.222. The van der Waals surface area contributed by atoms with Crippen LogP contribution < -0.4 is 10.6 Å². The third-order valence-corrected chi connectivity index (χ3v) is 3.38. The van der Waals surface area contributed by atoms with Gasteiger partial charge < -0.3 is 10.6 Å². The molecular formula is C12H18FN3. The van der Waals surface area contributed by atoms with Crippen LogP contribution in [-0.4, -0.2) is 18.1 Å². The summed E-state index contributed by atoms with van der Waals surface area (Å²) in [6.07, 6.45) is 6.35. The molecule has 4 heteroatoms. The average molecular weight is 223 g/mol. The van der Waals surface area contributed by atoms with Crippen molar-refractivity contribution in [1.82, 2.24) is 4.98 Å². The van der Waals surface area contributed by atoms with Gasteiger partial charge in [0.15, 0.2) is 11.6 Å². The second-order valence-corrected chi connectivity index (χ2v) is 4.36. The quantitative estimate of drug-likeness (QED) is 0.852. The number of rotatable bonds is 3. The Hall–Kier alpha value is -1.16. The Labute approximate surface area is 95.5 Å². The van der Waals surface area contributed by atoms with Crippen LogP contribution >= 0.6 is 0 Å². The molecule has 88 valence electrons. The number of pyridine rings is 1. The van der Waals surface area contributed by atoms with Gasteiger partial charge in [0.1, 0.15) is 0 Å². The monoisotopic (exact) mass is 223 g/mol. The van der Waals surface area contributed by atoms with Gasteiger partial charge in [0.2, 0.25) is 0 Å². The number of halogens is 1. The molecule has 0 atom stereocenters. The Morgan fingerprint density at radius 1 is 1.50 bits per heavy atom. The summed E-state index contributed by atoms with van der Waals surface area (Å²) in [5, 5.41) is 0. The van der Waals surface area contributed by atoms with Gasteiger partial charge in [0.25, 0.3) is 0 Å². The zero-order valence-electron chi connectivity index (χ0n) is 9.62. The summed E-state index contributed by atoms with van der Waals surface area (Å²) in [6, 6.07) is 2.07. The molecule has 1 saturated carbocycles. The van der Waals surface area contributed by atoms with Crippen molar-refractivity contribution in [3.63, 3.8) is 0 Å². The van der Waals surface area contributed by atoms with Gasteiger partial charge >= 0.3 is 0 Å². The predicted molar refractivity (Wildman–Crippen MR) is 62.7 cm³/mol. The van der Waals surface area contributed by atoms with E-state index in [1.807, 2.05) is 11.9 Å². The first-order valence-electron chi connectivity index (χ1n) is 5.80. The molecule has 1 aliphatic rings. The van der Waals surface area contributed by atoms with Crippen LogP contribution in [0.5, 0.6) is 0 Å². The van der Waals surface area contributed by atoms with Crippen LogP contribution in [0.25, 0.3) is 0 Å². The van der Waals surface area contributed by atoms with Crippen LogP contribution in [-0.2, 0) is 6.54 Å². The molecule has 16 heavy (non-hydrogen) atoms. The molecular weight excluding hydrogens is 205 g/mol. The highest BCUT2D eigenvalue weighted by Crippen LogP contribution is 2.27. The predicted octanol–water partition coefficient (Wildman–Crippen LogP) is 2.06. The van der Waals surface area contributed by atoms with Gasteiger partial charge in [-0.3, -0.25) is 0 Å². The molecule has 1 aromatic heterocycles. The van der Waals surface area contributed by atoms with E-state index in [9.17, 15) is 4.39 Å². The summed E-state index contributed by atoms with van der Waals surface area (Å²) >= 11 is 0. The summed E-state index contributed by atoms with van der Waals surface area (Å²) in [5.74, 6) is 0.175. The molecule has 1 fully saturated rings. The van der Waals surface area contributed by atoms with E-state index in [1.165, 1.54) is 12.8 Å². The van der Waals surface area contributed by atoms with E-state index in [1.54, 1.807) is 12.3 Å². The lowest BCUT2D eigenvalue weighted by atomic mass is 10.2. The van der Waals surface area contributed by atoms with Crippen LogP contribution in [0.1, 0.15) is 31.2 Å². The SMILES string of the molecule is CN(c1nccc(CN)c1F)C1CCCC1. The Kier molecular flexibility index (Phi) is 3.39. The van der Waals surface area contributed by atoms with Gasteiger partial charge in [-0.05, 0) is 18.9 Å². The number of hydrogen-bond donors (Lipinski definition) is 1. The third kappa shape index (κ3) is 2.02. The lowest BCUT2D eigenvalue weighted by Gasteiger charge is -2.26. The molecule has 0 radical (unpaired) electrons. The smallest absolute Gasteiger partial charge is 0.170 e. The van der Waals surface area contributed by atoms with Crippen molar-refractivity contribution in [3.05, 3.63) is 23.6 Å². The average Bonchev–Trinajstić information content (AvgIpc) is 2.82. The van der Waals surface area contributed by atoms with Crippen molar-refractivity contribution < 1.29 is 4.39 Å². The van der Waals surface area contributed by atoms with Gasteiger partial charge in [-0.15, -0.1) is 0 Å². The van der Waals surface area contributed by atoms with Gasteiger partial charge in [-0.25, -0.2) is 9.37 Å². The van der Waals surface area contributed by atoms with E-state index in [-0.39, 0.29) is 12.4 Å². The van der Waals surface area contributed by atoms with Crippen molar-refractivity contribution in [2.75, 3.05) is 11.9 Å². The third-order valence-electron chi connectivity index (χ3n) is 3.38. The highest BCUT2D eigenvalue weighted by Gasteiger charge is 2.23. The maximum absolute atomic E-state index is 14.0. The molecule has 1 heterocycles. The molecule has 0 saturated heterocycles. The summed E-state index contributed by atoms with van der Waals surface area (Å²) in [5.41, 5.74) is 6.02. The number of anilines is 1. The summed E-state index contributed by atoms with van der Waals surface area (Å²) < 4.78 is 14.0. The first-order valence-corrected chi connectivity index (χ1v) is 5.80. The van der Waals surface area contributed by atoms with Gasteiger partial charge in [0, 0.05) is 31.4 Å². The van der Waals surface area contributed by atoms with Gasteiger partial charge in [-0.1, -0.05) is 12.8 Å². The lowest BCUT2D eigenvalue weighted by molar-refractivity contribution is 0.575. The summed E-state index contributed by atoms with van der Waals surface area (Å²) in [4.78, 5) is 6.09. The second kappa shape index (κ2) is 4.78. The topological polar surface area (TPSA) is 42.2 Å². The summed E-state index contributed by atoms with van der Waals surface area (Å²) in [6.45, 7) is 0.222. The molecule has 0 aliphatic heterocycles. The van der Waals surface area contributed by atoms with Gasteiger partial charge in [-0.2, -0.15) is 0 Å². The van der Waals surface area contributed by atoms with Crippen LogP contribution in [0, 0.1) is 5.82 Å². The van der Waals surface area contributed by atoms with Crippen LogP contribution in [0.2, 0.25) is 0 Å². The van der Waals surface area contributed by atoms with Crippen molar-refractivity contribution in [2.45, 2.75) is 38.3 Å². The molecule has 2 rings (SSSR count). The van der Waals surface area contributed by atoms with Crippen LogP contribution in [0.4, 0.5) is 10.2 Å². The molecule has 3 nitrogen and oxygen atoms in total. The fourth-order valence-electron chi connectivity index (χ4n) is 2.34. The molecule has 0 amide bonds. The number of aromatic nitrogens is 1. The summed E-state index contributed by atoms with van der Waals surface area (Å²) in [7, 11) is 1.92. The van der Waals surface area contributed by atoms with Crippen molar-refractivity contribution in [3.8, 4) is 0 Å². The Bertz CT molecular complexity index is 361. The fraction of sp³-hybridized carbons (Fsp3) is 0.583. The van der Waals surface area contributed by atoms with E-state index in [2.05, 4.69) is 4.98 Å². The molecule has 1 aliphatic carbocycles. The van der Waals surface area contributed by atoms with E-state index < -0.39 is 0 Å². The van der Waals surface area contributed by atoms with Crippen LogP contribution in [0.15, 0.2) is 12.3 Å². The number of nitrogens with zero attached hydrogens (tertiary/aromatic N) is 2. The van der Waals surface area contributed by atoms with E-state index in [0.29, 0.717) is 17.4 Å². The minimum Gasteiger partial charge on any atom is -0.354 e. The molecule has 0 spiro atoms. The lowest BCUT2D eigenvalue weighted by Crippen LogP contribution is -2.30. The molecule has 1 aromatic rings. The second-order valence-electron chi connectivity index (χ2n) is 4.36. The molecule has 0 aromatic carbocycles. The van der Waals surface area contributed by atoms with Crippen LogP contribution in [0.3, 0.4) is 0 Å². The molecule has 0 bridgehead atoms. The largest absolute Gasteiger partial charge is 0.354 e. The van der Waals surface area contributed by atoms with E-state index in [4.69, 9.17) is 5.73 Å².